The molecule has 4 heteroatoms. The predicted molar refractivity (Wildman–Crippen MR) is 75.2 cm³/mol. The van der Waals surface area contributed by atoms with Crippen LogP contribution in [0.25, 0.3) is 0 Å². The fourth-order valence-electron chi connectivity index (χ4n) is 2.48. The maximum absolute atomic E-state index is 5.71. The molecule has 1 aromatic heterocycles. The van der Waals surface area contributed by atoms with Crippen molar-refractivity contribution >= 4 is 23.0 Å². The number of nitrogens with two attached hydrogens (primary N) is 1. The number of hydrogen-bond donors (Lipinski definition) is 2. The van der Waals surface area contributed by atoms with E-state index in [0.29, 0.717) is 16.4 Å². The average molecular weight is 249 g/mol. The molecule has 1 aliphatic carbocycles. The molecule has 0 saturated heterocycles. The highest BCUT2D eigenvalue weighted by Gasteiger charge is 2.34. The van der Waals surface area contributed by atoms with Gasteiger partial charge in [-0.15, -0.1) is 0 Å². The summed E-state index contributed by atoms with van der Waals surface area (Å²) in [5, 5.41) is 3.50. The van der Waals surface area contributed by atoms with Crippen LogP contribution in [0.2, 0.25) is 0 Å². The summed E-state index contributed by atoms with van der Waals surface area (Å²) >= 11 is 5.05. The zero-order chi connectivity index (χ0) is 12.5. The van der Waals surface area contributed by atoms with Gasteiger partial charge in [0.05, 0.1) is 5.56 Å². The van der Waals surface area contributed by atoms with Crippen molar-refractivity contribution < 1.29 is 0 Å². The third-order valence-electron chi connectivity index (χ3n) is 3.64. The van der Waals surface area contributed by atoms with Gasteiger partial charge in [-0.25, -0.2) is 4.98 Å². The van der Waals surface area contributed by atoms with Gasteiger partial charge in [0.2, 0.25) is 0 Å². The number of aromatic nitrogens is 1. The lowest BCUT2D eigenvalue weighted by Crippen LogP contribution is -2.32. The summed E-state index contributed by atoms with van der Waals surface area (Å²) in [4.78, 5) is 4.75. The molecule has 1 unspecified atom stereocenters. The molecule has 1 aromatic rings. The summed E-state index contributed by atoms with van der Waals surface area (Å²) < 4.78 is 0. The Morgan fingerprint density at radius 2 is 2.35 bits per heavy atom. The zero-order valence-corrected chi connectivity index (χ0v) is 11.2. The Kier molecular flexibility index (Phi) is 3.33. The highest BCUT2D eigenvalue weighted by Crippen LogP contribution is 2.39. The molecule has 1 atom stereocenters. The molecule has 92 valence electrons. The summed E-state index contributed by atoms with van der Waals surface area (Å²) in [6.45, 7) is 4.59. The van der Waals surface area contributed by atoms with Gasteiger partial charge < -0.3 is 11.1 Å². The van der Waals surface area contributed by atoms with E-state index in [1.54, 1.807) is 6.20 Å². The SMILES string of the molecule is CC1(C)CCCC1Nc1ncccc1C(N)=S. The molecule has 1 fully saturated rings. The molecule has 0 spiro atoms. The van der Waals surface area contributed by atoms with Crippen molar-refractivity contribution in [2.75, 3.05) is 5.32 Å². The first-order chi connectivity index (χ1) is 8.00. The van der Waals surface area contributed by atoms with Crippen molar-refractivity contribution in [1.29, 1.82) is 0 Å². The number of pyridine rings is 1. The summed E-state index contributed by atoms with van der Waals surface area (Å²) in [5.74, 6) is 0.819. The van der Waals surface area contributed by atoms with Gasteiger partial charge >= 0.3 is 0 Å². The second-order valence-electron chi connectivity index (χ2n) is 5.34. The summed E-state index contributed by atoms with van der Waals surface area (Å²) in [5.41, 5.74) is 6.86. The minimum Gasteiger partial charge on any atom is -0.389 e. The quantitative estimate of drug-likeness (QED) is 0.809. The fraction of sp³-hybridized carbons (Fsp3) is 0.538. The molecule has 0 bridgehead atoms. The van der Waals surface area contributed by atoms with Gasteiger partial charge in [0.1, 0.15) is 10.8 Å². The third kappa shape index (κ3) is 2.57. The van der Waals surface area contributed by atoms with E-state index in [0.717, 1.165) is 11.4 Å². The van der Waals surface area contributed by atoms with Crippen LogP contribution in [0.15, 0.2) is 18.3 Å². The minimum absolute atomic E-state index is 0.311. The molecule has 3 nitrogen and oxygen atoms in total. The van der Waals surface area contributed by atoms with E-state index < -0.39 is 0 Å². The van der Waals surface area contributed by atoms with Crippen molar-refractivity contribution in [1.82, 2.24) is 4.98 Å². The van der Waals surface area contributed by atoms with Crippen LogP contribution in [0, 0.1) is 5.41 Å². The second kappa shape index (κ2) is 4.61. The number of nitrogens with zero attached hydrogens (tertiary/aromatic N) is 1. The molecular weight excluding hydrogens is 230 g/mol. The number of thiocarbonyl (C=S) groups is 1. The van der Waals surface area contributed by atoms with Crippen LogP contribution in [0.1, 0.15) is 38.7 Å². The molecule has 1 heterocycles. The van der Waals surface area contributed by atoms with Crippen LogP contribution in [0.4, 0.5) is 5.82 Å². The Labute approximate surface area is 108 Å². The van der Waals surface area contributed by atoms with E-state index in [1.807, 2.05) is 12.1 Å². The Morgan fingerprint density at radius 1 is 1.59 bits per heavy atom. The first kappa shape index (κ1) is 12.3. The van der Waals surface area contributed by atoms with Crippen LogP contribution >= 0.6 is 12.2 Å². The van der Waals surface area contributed by atoms with Crippen LogP contribution in [0.3, 0.4) is 0 Å². The van der Waals surface area contributed by atoms with Gasteiger partial charge in [0.25, 0.3) is 0 Å². The Balaban J connectivity index is 2.21. The molecule has 2 rings (SSSR count). The van der Waals surface area contributed by atoms with Crippen LogP contribution in [-0.4, -0.2) is 16.0 Å². The maximum atomic E-state index is 5.71. The van der Waals surface area contributed by atoms with Gasteiger partial charge in [0, 0.05) is 12.2 Å². The topological polar surface area (TPSA) is 50.9 Å². The monoisotopic (exact) mass is 249 g/mol. The Morgan fingerprint density at radius 3 is 2.94 bits per heavy atom. The first-order valence-corrected chi connectivity index (χ1v) is 6.43. The van der Waals surface area contributed by atoms with Gasteiger partial charge in [-0.2, -0.15) is 0 Å². The molecule has 0 amide bonds. The van der Waals surface area contributed by atoms with E-state index in [9.17, 15) is 0 Å². The average Bonchev–Trinajstić information content (AvgIpc) is 2.59. The summed E-state index contributed by atoms with van der Waals surface area (Å²) in [6.07, 6.45) is 5.46. The molecule has 1 aliphatic rings. The minimum atomic E-state index is 0.311. The normalized spacial score (nSPS) is 22.4. The molecule has 3 N–H and O–H groups in total. The van der Waals surface area contributed by atoms with Crippen molar-refractivity contribution in [3.63, 3.8) is 0 Å². The van der Waals surface area contributed by atoms with E-state index >= 15 is 0 Å². The van der Waals surface area contributed by atoms with Gasteiger partial charge in [-0.05, 0) is 30.4 Å². The van der Waals surface area contributed by atoms with Gasteiger partial charge in [0.15, 0.2) is 0 Å². The van der Waals surface area contributed by atoms with Crippen LogP contribution in [-0.2, 0) is 0 Å². The van der Waals surface area contributed by atoms with Crippen LogP contribution < -0.4 is 11.1 Å². The van der Waals surface area contributed by atoms with Crippen molar-refractivity contribution in [3.05, 3.63) is 23.9 Å². The van der Waals surface area contributed by atoms with Crippen molar-refractivity contribution in [3.8, 4) is 0 Å². The van der Waals surface area contributed by atoms with Gasteiger partial charge in [-0.1, -0.05) is 32.5 Å². The predicted octanol–water partition coefficient (Wildman–Crippen LogP) is 2.71. The van der Waals surface area contributed by atoms with Crippen molar-refractivity contribution in [2.24, 2.45) is 11.1 Å². The summed E-state index contributed by atoms with van der Waals surface area (Å²) in [7, 11) is 0. The number of anilines is 1. The van der Waals surface area contributed by atoms with E-state index in [4.69, 9.17) is 18.0 Å². The lowest BCUT2D eigenvalue weighted by molar-refractivity contribution is 0.349. The maximum Gasteiger partial charge on any atom is 0.136 e. The summed E-state index contributed by atoms with van der Waals surface area (Å²) in [6, 6.07) is 4.23. The lowest BCUT2D eigenvalue weighted by atomic mass is 9.87. The number of nitrogens with one attached hydrogen (secondary N) is 1. The van der Waals surface area contributed by atoms with E-state index in [2.05, 4.69) is 24.1 Å². The standard InChI is InChI=1S/C13H19N3S/c1-13(2)7-3-6-10(13)16-12-9(11(14)17)5-4-8-15-12/h4-5,8,10H,3,6-7H2,1-2H3,(H2,14,17)(H,15,16). The van der Waals surface area contributed by atoms with Crippen LogP contribution in [0.5, 0.6) is 0 Å². The largest absolute Gasteiger partial charge is 0.389 e. The number of rotatable bonds is 3. The first-order valence-electron chi connectivity index (χ1n) is 6.02. The molecule has 0 aromatic carbocycles. The third-order valence-corrected chi connectivity index (χ3v) is 3.86. The second-order valence-corrected chi connectivity index (χ2v) is 5.78. The van der Waals surface area contributed by atoms with E-state index in [-0.39, 0.29) is 0 Å². The Bertz CT molecular complexity index is 428. The molecular formula is C13H19N3S. The fourth-order valence-corrected chi connectivity index (χ4v) is 2.64. The highest BCUT2D eigenvalue weighted by atomic mass is 32.1. The molecule has 0 radical (unpaired) electrons. The lowest BCUT2D eigenvalue weighted by Gasteiger charge is -2.28. The van der Waals surface area contributed by atoms with Gasteiger partial charge in [-0.3, -0.25) is 0 Å². The Hall–Kier alpha value is -1.16. The molecule has 17 heavy (non-hydrogen) atoms. The smallest absolute Gasteiger partial charge is 0.136 e. The molecule has 0 aliphatic heterocycles. The zero-order valence-electron chi connectivity index (χ0n) is 10.4. The number of hydrogen-bond acceptors (Lipinski definition) is 3. The van der Waals surface area contributed by atoms with Crippen molar-refractivity contribution in [2.45, 2.75) is 39.2 Å². The van der Waals surface area contributed by atoms with E-state index in [1.165, 1.54) is 19.3 Å². The highest BCUT2D eigenvalue weighted by molar-refractivity contribution is 7.80. The molecule has 1 saturated carbocycles.